The highest BCUT2D eigenvalue weighted by Gasteiger charge is 2.42. The van der Waals surface area contributed by atoms with Crippen LogP contribution in [0.2, 0.25) is 0 Å². The number of carbonyl (C=O) groups excluding carboxylic acids is 1. The Morgan fingerprint density at radius 2 is 1.85 bits per heavy atom. The Morgan fingerprint density at radius 1 is 1.06 bits per heavy atom. The molecule has 1 aromatic heterocycles. The predicted molar refractivity (Wildman–Crippen MR) is 130 cm³/mol. The second-order valence-electron chi connectivity index (χ2n) is 8.46. The van der Waals surface area contributed by atoms with Crippen molar-refractivity contribution in [1.29, 1.82) is 0 Å². The molecular weight excluding hydrogens is 416 g/mol. The van der Waals surface area contributed by atoms with Crippen molar-refractivity contribution in [2.45, 2.75) is 40.2 Å². The summed E-state index contributed by atoms with van der Waals surface area (Å²) in [6.07, 6.45) is 0.815. The maximum absolute atomic E-state index is 13.7. The summed E-state index contributed by atoms with van der Waals surface area (Å²) >= 11 is 0. The molecule has 0 spiro atoms. The third-order valence-electron chi connectivity index (χ3n) is 6.37. The molecule has 6 heteroatoms. The molecule has 1 aliphatic heterocycles. The summed E-state index contributed by atoms with van der Waals surface area (Å²) in [6, 6.07) is 12.7. The topological polar surface area (TPSA) is 63.0 Å². The van der Waals surface area contributed by atoms with Gasteiger partial charge in [0.2, 0.25) is 5.76 Å². The van der Waals surface area contributed by atoms with Gasteiger partial charge in [0.1, 0.15) is 11.3 Å². The average Bonchev–Trinajstić information content (AvgIpc) is 3.09. The molecule has 6 nitrogen and oxygen atoms in total. The van der Waals surface area contributed by atoms with E-state index in [1.54, 1.807) is 11.0 Å². The van der Waals surface area contributed by atoms with E-state index in [4.69, 9.17) is 9.15 Å². The lowest BCUT2D eigenvalue weighted by atomic mass is 9.98. The maximum atomic E-state index is 13.7. The first-order valence-electron chi connectivity index (χ1n) is 11.8. The van der Waals surface area contributed by atoms with Crippen LogP contribution in [0, 0.1) is 6.92 Å². The summed E-state index contributed by atoms with van der Waals surface area (Å²) in [4.78, 5) is 31.3. The van der Waals surface area contributed by atoms with Crippen molar-refractivity contribution in [2.24, 2.45) is 0 Å². The first-order valence-corrected chi connectivity index (χ1v) is 11.8. The van der Waals surface area contributed by atoms with Crippen LogP contribution < -0.4 is 10.2 Å². The highest BCUT2D eigenvalue weighted by molar-refractivity contribution is 5.99. The van der Waals surface area contributed by atoms with Crippen LogP contribution in [0.4, 0.5) is 0 Å². The molecule has 2 heterocycles. The molecule has 0 N–H and O–H groups in total. The van der Waals surface area contributed by atoms with Gasteiger partial charge in [-0.15, -0.1) is 0 Å². The van der Waals surface area contributed by atoms with Gasteiger partial charge in [-0.25, -0.2) is 0 Å². The van der Waals surface area contributed by atoms with Gasteiger partial charge in [-0.2, -0.15) is 0 Å². The minimum absolute atomic E-state index is 0.138. The van der Waals surface area contributed by atoms with Crippen molar-refractivity contribution in [3.63, 3.8) is 0 Å². The van der Waals surface area contributed by atoms with Crippen LogP contribution in [0.25, 0.3) is 11.0 Å². The van der Waals surface area contributed by atoms with E-state index in [1.165, 1.54) is 0 Å². The summed E-state index contributed by atoms with van der Waals surface area (Å²) in [5.74, 6) is 0.655. The van der Waals surface area contributed by atoms with Gasteiger partial charge >= 0.3 is 0 Å². The number of benzene rings is 2. The Kier molecular flexibility index (Phi) is 6.84. The Morgan fingerprint density at radius 3 is 2.58 bits per heavy atom. The van der Waals surface area contributed by atoms with Crippen molar-refractivity contribution in [3.05, 3.63) is 75.1 Å². The van der Waals surface area contributed by atoms with E-state index >= 15 is 0 Å². The van der Waals surface area contributed by atoms with Crippen LogP contribution in [-0.2, 0) is 0 Å². The van der Waals surface area contributed by atoms with Crippen LogP contribution in [0.15, 0.2) is 51.7 Å². The number of amides is 1. The van der Waals surface area contributed by atoms with Crippen LogP contribution >= 0.6 is 0 Å². The van der Waals surface area contributed by atoms with Gasteiger partial charge in [0.25, 0.3) is 5.91 Å². The zero-order valence-corrected chi connectivity index (χ0v) is 19.9. The fourth-order valence-corrected chi connectivity index (χ4v) is 4.66. The Bertz CT molecular complexity index is 1210. The molecule has 174 valence electrons. The highest BCUT2D eigenvalue weighted by Crippen LogP contribution is 2.39. The van der Waals surface area contributed by atoms with Crippen LogP contribution in [0.5, 0.6) is 5.75 Å². The molecule has 0 radical (unpaired) electrons. The third-order valence-corrected chi connectivity index (χ3v) is 6.37. The number of carbonyl (C=O) groups is 1. The molecule has 4 rings (SSSR count). The Labute approximate surface area is 194 Å². The fourth-order valence-electron chi connectivity index (χ4n) is 4.66. The van der Waals surface area contributed by atoms with E-state index in [1.807, 2.05) is 50.2 Å². The highest BCUT2D eigenvalue weighted by atomic mass is 16.5. The minimum atomic E-state index is -0.495. The van der Waals surface area contributed by atoms with E-state index in [0.29, 0.717) is 29.7 Å². The lowest BCUT2D eigenvalue weighted by Crippen LogP contribution is -2.33. The number of hydrogen-bond acceptors (Lipinski definition) is 5. The number of aryl methyl sites for hydroxylation is 1. The van der Waals surface area contributed by atoms with Gasteiger partial charge in [-0.3, -0.25) is 9.59 Å². The normalized spacial score (nSPS) is 15.5. The molecule has 3 aromatic rings. The van der Waals surface area contributed by atoms with Crippen LogP contribution in [-0.4, -0.2) is 48.5 Å². The number of ether oxygens (including phenoxy) is 1. The molecule has 0 saturated heterocycles. The maximum Gasteiger partial charge on any atom is 0.290 e. The largest absolute Gasteiger partial charge is 0.494 e. The lowest BCUT2D eigenvalue weighted by molar-refractivity contribution is 0.0720. The van der Waals surface area contributed by atoms with Gasteiger partial charge in [-0.05, 0) is 69.7 Å². The number of rotatable bonds is 9. The summed E-state index contributed by atoms with van der Waals surface area (Å²) in [7, 11) is 0. The first-order chi connectivity index (χ1) is 16.0. The molecule has 33 heavy (non-hydrogen) atoms. The van der Waals surface area contributed by atoms with E-state index in [-0.39, 0.29) is 17.1 Å². The van der Waals surface area contributed by atoms with Crippen molar-refractivity contribution in [2.75, 3.05) is 32.8 Å². The van der Waals surface area contributed by atoms with E-state index in [0.717, 1.165) is 42.9 Å². The molecule has 2 aromatic carbocycles. The van der Waals surface area contributed by atoms with Crippen LogP contribution in [0.3, 0.4) is 0 Å². The van der Waals surface area contributed by atoms with Gasteiger partial charge < -0.3 is 19.0 Å². The zero-order valence-electron chi connectivity index (χ0n) is 19.9. The summed E-state index contributed by atoms with van der Waals surface area (Å²) in [5.41, 5.74) is 2.57. The number of hydrogen-bond donors (Lipinski definition) is 0. The fraction of sp³-hybridized carbons (Fsp3) is 0.407. The van der Waals surface area contributed by atoms with E-state index < -0.39 is 6.04 Å². The first kappa shape index (κ1) is 23.1. The molecule has 0 fully saturated rings. The standard InChI is InChI=1S/C27H32N2O4/c1-5-28(6-2)14-9-15-29-24(19-10-8-11-20(17-19)32-7-3)23-25(30)21-16-18(4)12-13-22(21)33-26(23)27(29)31/h8,10-13,16-17,24H,5-7,9,14-15H2,1-4H3/t24-/m1/s1. The summed E-state index contributed by atoms with van der Waals surface area (Å²) in [6.45, 7) is 12.1. The van der Waals surface area contributed by atoms with Crippen molar-refractivity contribution >= 4 is 16.9 Å². The molecule has 1 aliphatic rings. The second kappa shape index (κ2) is 9.79. The van der Waals surface area contributed by atoms with Gasteiger partial charge in [-0.1, -0.05) is 37.6 Å². The second-order valence-corrected chi connectivity index (χ2v) is 8.46. The molecule has 0 saturated carbocycles. The van der Waals surface area contributed by atoms with Gasteiger partial charge in [0.05, 0.1) is 23.6 Å². The van der Waals surface area contributed by atoms with Crippen LogP contribution in [0.1, 0.15) is 60.5 Å². The molecule has 0 aliphatic carbocycles. The molecule has 0 bridgehead atoms. The molecule has 1 amide bonds. The predicted octanol–water partition coefficient (Wildman–Crippen LogP) is 4.78. The number of nitrogens with zero attached hydrogens (tertiary/aromatic N) is 2. The SMILES string of the molecule is CCOc1cccc([C@@H]2c3c(oc4ccc(C)cc4c3=O)C(=O)N2CCCN(CC)CC)c1. The smallest absolute Gasteiger partial charge is 0.290 e. The molecular formula is C27H32N2O4. The van der Waals surface area contributed by atoms with E-state index in [9.17, 15) is 9.59 Å². The third kappa shape index (κ3) is 4.40. The van der Waals surface area contributed by atoms with Crippen molar-refractivity contribution < 1.29 is 13.9 Å². The van der Waals surface area contributed by atoms with E-state index in [2.05, 4.69) is 18.7 Å². The van der Waals surface area contributed by atoms with Crippen molar-refractivity contribution in [3.8, 4) is 5.75 Å². The lowest BCUT2D eigenvalue weighted by Gasteiger charge is -2.27. The minimum Gasteiger partial charge on any atom is -0.494 e. The molecule has 0 unspecified atom stereocenters. The van der Waals surface area contributed by atoms with Gasteiger partial charge in [0.15, 0.2) is 5.43 Å². The Balaban J connectivity index is 1.81. The monoisotopic (exact) mass is 448 g/mol. The molecule has 1 atom stereocenters. The number of fused-ring (bicyclic) bond motifs is 2. The van der Waals surface area contributed by atoms with Crippen molar-refractivity contribution in [1.82, 2.24) is 9.80 Å². The quantitative estimate of drug-likeness (QED) is 0.472. The zero-order chi connectivity index (χ0) is 23.5. The Hall–Kier alpha value is -3.12. The summed E-state index contributed by atoms with van der Waals surface area (Å²) in [5, 5.41) is 0.512. The summed E-state index contributed by atoms with van der Waals surface area (Å²) < 4.78 is 11.8. The van der Waals surface area contributed by atoms with Gasteiger partial charge in [0, 0.05) is 6.54 Å². The average molecular weight is 449 g/mol.